The summed E-state index contributed by atoms with van der Waals surface area (Å²) in [6.45, 7) is 3.38. The lowest BCUT2D eigenvalue weighted by molar-refractivity contribution is -0.0160. The van der Waals surface area contributed by atoms with Gasteiger partial charge in [-0.2, -0.15) is 5.10 Å². The van der Waals surface area contributed by atoms with Gasteiger partial charge in [-0.25, -0.2) is 0 Å². The highest BCUT2D eigenvalue weighted by Gasteiger charge is 2.46. The van der Waals surface area contributed by atoms with E-state index >= 15 is 0 Å². The van der Waals surface area contributed by atoms with Crippen LogP contribution in [0.25, 0.3) is 0 Å². The fourth-order valence-corrected chi connectivity index (χ4v) is 4.39. The monoisotopic (exact) mass is 355 g/mol. The molecule has 2 aliphatic heterocycles. The fourth-order valence-electron chi connectivity index (χ4n) is 4.39. The number of carbonyl (C=O) groups is 1. The lowest BCUT2D eigenvalue weighted by Gasteiger charge is -2.41. The Bertz CT molecular complexity index is 762. The number of aromatic nitrogens is 3. The largest absolute Gasteiger partial charge is 0.381 e. The molecule has 0 aliphatic carbocycles. The molecular weight excluding hydrogens is 330 g/mol. The van der Waals surface area contributed by atoms with Crippen molar-refractivity contribution in [1.29, 1.82) is 0 Å². The first-order valence-corrected chi connectivity index (χ1v) is 9.10. The van der Waals surface area contributed by atoms with Gasteiger partial charge in [-0.1, -0.05) is 6.07 Å². The quantitative estimate of drug-likeness (QED) is 0.824. The summed E-state index contributed by atoms with van der Waals surface area (Å²) in [7, 11) is 3.60. The number of likely N-dealkylation sites (tertiary alicyclic amines) is 2. The molecule has 2 fully saturated rings. The zero-order chi connectivity index (χ0) is 18.1. The average molecular weight is 355 g/mol. The summed E-state index contributed by atoms with van der Waals surface area (Å²) in [5.41, 5.74) is 1.84. The maximum Gasteiger partial charge on any atom is 0.272 e. The Morgan fingerprint density at radius 1 is 1.31 bits per heavy atom. The second-order valence-electron chi connectivity index (χ2n) is 7.19. The third-order valence-electron chi connectivity index (χ3n) is 5.67. The third kappa shape index (κ3) is 3.12. The maximum absolute atomic E-state index is 13.1. The van der Waals surface area contributed by atoms with Crippen LogP contribution in [0.1, 0.15) is 22.5 Å². The SMILES string of the molecule is CO[C@@H]1CCN(C(=O)c2ccnn2C)[C@H]2CN(Cc3cccnc3)C[C@@H]12. The van der Waals surface area contributed by atoms with Crippen molar-refractivity contribution in [1.82, 2.24) is 24.6 Å². The Labute approximate surface area is 153 Å². The molecule has 1 amide bonds. The van der Waals surface area contributed by atoms with Crippen molar-refractivity contribution < 1.29 is 9.53 Å². The normalized spacial score (nSPS) is 26.1. The van der Waals surface area contributed by atoms with E-state index in [0.29, 0.717) is 11.6 Å². The van der Waals surface area contributed by atoms with Crippen LogP contribution in [-0.4, -0.2) is 69.4 Å². The van der Waals surface area contributed by atoms with Crippen LogP contribution in [0.15, 0.2) is 36.8 Å². The van der Waals surface area contributed by atoms with Gasteiger partial charge in [-0.15, -0.1) is 0 Å². The van der Waals surface area contributed by atoms with Gasteiger partial charge in [-0.05, 0) is 24.1 Å². The Hall–Kier alpha value is -2.25. The predicted molar refractivity (Wildman–Crippen MR) is 96.5 cm³/mol. The summed E-state index contributed by atoms with van der Waals surface area (Å²) < 4.78 is 7.41. The topological polar surface area (TPSA) is 63.5 Å². The standard InChI is InChI=1S/C19H25N5O2/c1-22-16(5-8-21-22)19(25)24-9-6-18(26-2)15-12-23(13-17(15)24)11-14-4-3-7-20-10-14/h3-5,7-8,10,15,17-18H,6,9,11-13H2,1-2H3/t15-,17+,18-/m1/s1. The summed E-state index contributed by atoms with van der Waals surface area (Å²) >= 11 is 0. The molecule has 26 heavy (non-hydrogen) atoms. The lowest BCUT2D eigenvalue weighted by atomic mass is 9.88. The zero-order valence-electron chi connectivity index (χ0n) is 15.3. The number of methoxy groups -OCH3 is 1. The average Bonchev–Trinajstić information content (AvgIpc) is 3.27. The third-order valence-corrected chi connectivity index (χ3v) is 5.67. The molecule has 7 heteroatoms. The van der Waals surface area contributed by atoms with Crippen LogP contribution in [0.4, 0.5) is 0 Å². The van der Waals surface area contributed by atoms with Crippen LogP contribution in [-0.2, 0) is 18.3 Å². The highest BCUT2D eigenvalue weighted by Crippen LogP contribution is 2.34. The minimum absolute atomic E-state index is 0.0674. The molecule has 0 unspecified atom stereocenters. The summed E-state index contributed by atoms with van der Waals surface area (Å²) in [5.74, 6) is 0.403. The van der Waals surface area contributed by atoms with Crippen molar-refractivity contribution in [3.63, 3.8) is 0 Å². The Balaban J connectivity index is 1.54. The molecule has 0 spiro atoms. The molecule has 2 aliphatic rings. The minimum atomic E-state index is 0.0674. The van der Waals surface area contributed by atoms with Gasteiger partial charge in [0.05, 0.1) is 12.1 Å². The second-order valence-corrected chi connectivity index (χ2v) is 7.19. The minimum Gasteiger partial charge on any atom is -0.381 e. The Kier molecular flexibility index (Phi) is 4.74. The number of nitrogens with zero attached hydrogens (tertiary/aromatic N) is 5. The van der Waals surface area contributed by atoms with Gasteiger partial charge in [-0.3, -0.25) is 19.4 Å². The van der Waals surface area contributed by atoms with E-state index in [-0.39, 0.29) is 18.1 Å². The molecule has 7 nitrogen and oxygen atoms in total. The summed E-state index contributed by atoms with van der Waals surface area (Å²) in [4.78, 5) is 21.7. The molecule has 0 radical (unpaired) electrons. The number of rotatable bonds is 4. The smallest absolute Gasteiger partial charge is 0.272 e. The molecule has 0 bridgehead atoms. The number of fused-ring (bicyclic) bond motifs is 1. The number of ether oxygens (including phenoxy) is 1. The maximum atomic E-state index is 13.1. The van der Waals surface area contributed by atoms with E-state index in [0.717, 1.165) is 32.6 Å². The van der Waals surface area contributed by atoms with Gasteiger partial charge < -0.3 is 9.64 Å². The molecule has 0 aromatic carbocycles. The van der Waals surface area contributed by atoms with Crippen LogP contribution >= 0.6 is 0 Å². The van der Waals surface area contributed by atoms with Gasteiger partial charge >= 0.3 is 0 Å². The van der Waals surface area contributed by atoms with Crippen LogP contribution in [0.5, 0.6) is 0 Å². The summed E-state index contributed by atoms with van der Waals surface area (Å²) in [6, 6.07) is 6.03. The first-order chi connectivity index (χ1) is 12.7. The number of amides is 1. The van der Waals surface area contributed by atoms with Gasteiger partial charge in [0.1, 0.15) is 5.69 Å². The van der Waals surface area contributed by atoms with Gasteiger partial charge in [0, 0.05) is 64.8 Å². The van der Waals surface area contributed by atoms with Crippen molar-refractivity contribution in [2.75, 3.05) is 26.7 Å². The summed E-state index contributed by atoms with van der Waals surface area (Å²) in [5, 5.41) is 4.15. The van der Waals surface area contributed by atoms with Crippen molar-refractivity contribution in [3.05, 3.63) is 48.0 Å². The molecule has 2 saturated heterocycles. The van der Waals surface area contributed by atoms with Crippen molar-refractivity contribution >= 4 is 5.91 Å². The fraction of sp³-hybridized carbons (Fsp3) is 0.526. The molecule has 0 saturated carbocycles. The highest BCUT2D eigenvalue weighted by molar-refractivity contribution is 5.92. The van der Waals surface area contributed by atoms with Crippen LogP contribution in [0, 0.1) is 5.92 Å². The van der Waals surface area contributed by atoms with E-state index < -0.39 is 0 Å². The molecule has 4 heterocycles. The molecule has 2 aromatic rings. The molecule has 0 N–H and O–H groups in total. The highest BCUT2D eigenvalue weighted by atomic mass is 16.5. The first-order valence-electron chi connectivity index (χ1n) is 9.10. The number of pyridine rings is 1. The van der Waals surface area contributed by atoms with E-state index in [1.807, 2.05) is 24.2 Å². The Morgan fingerprint density at radius 2 is 2.19 bits per heavy atom. The van der Waals surface area contributed by atoms with E-state index in [1.54, 1.807) is 30.3 Å². The van der Waals surface area contributed by atoms with Crippen molar-refractivity contribution in [2.45, 2.75) is 25.1 Å². The first kappa shape index (κ1) is 17.2. The van der Waals surface area contributed by atoms with Gasteiger partial charge in [0.2, 0.25) is 0 Å². The van der Waals surface area contributed by atoms with Crippen LogP contribution < -0.4 is 0 Å². The molecule has 3 atom stereocenters. The van der Waals surface area contributed by atoms with Crippen LogP contribution in [0.2, 0.25) is 0 Å². The molecule has 4 rings (SSSR count). The van der Waals surface area contributed by atoms with Crippen molar-refractivity contribution in [2.24, 2.45) is 13.0 Å². The van der Waals surface area contributed by atoms with Crippen molar-refractivity contribution in [3.8, 4) is 0 Å². The number of hydrogen-bond acceptors (Lipinski definition) is 5. The van der Waals surface area contributed by atoms with Gasteiger partial charge in [0.15, 0.2) is 0 Å². The predicted octanol–water partition coefficient (Wildman–Crippen LogP) is 1.18. The lowest BCUT2D eigenvalue weighted by Crippen LogP contribution is -2.53. The van der Waals surface area contributed by atoms with E-state index in [4.69, 9.17) is 4.74 Å². The zero-order valence-corrected chi connectivity index (χ0v) is 15.3. The molecular formula is C19H25N5O2. The number of piperidine rings is 1. The second kappa shape index (κ2) is 7.17. The number of hydrogen-bond donors (Lipinski definition) is 0. The van der Waals surface area contributed by atoms with E-state index in [9.17, 15) is 4.79 Å². The molecule has 2 aromatic heterocycles. The number of aryl methyl sites for hydroxylation is 1. The summed E-state index contributed by atoms with van der Waals surface area (Å²) in [6.07, 6.45) is 6.46. The van der Waals surface area contributed by atoms with E-state index in [2.05, 4.69) is 21.0 Å². The van der Waals surface area contributed by atoms with Gasteiger partial charge in [0.25, 0.3) is 5.91 Å². The molecule has 138 valence electrons. The number of carbonyl (C=O) groups excluding carboxylic acids is 1. The van der Waals surface area contributed by atoms with Crippen LogP contribution in [0.3, 0.4) is 0 Å². The Morgan fingerprint density at radius 3 is 2.88 bits per heavy atom. The van der Waals surface area contributed by atoms with E-state index in [1.165, 1.54) is 5.56 Å².